The highest BCUT2D eigenvalue weighted by Crippen LogP contribution is 2.23. The molecule has 0 saturated carbocycles. The highest BCUT2D eigenvalue weighted by Gasteiger charge is 2.40. The summed E-state index contributed by atoms with van der Waals surface area (Å²) >= 11 is 0. The molecule has 2 nitrogen and oxygen atoms in total. The molecule has 0 amide bonds. The highest BCUT2D eigenvalue weighted by molar-refractivity contribution is 5.42. The molecule has 0 bridgehead atoms. The third-order valence-corrected chi connectivity index (χ3v) is 1.82. The summed E-state index contributed by atoms with van der Waals surface area (Å²) in [5, 5.41) is 2.19. The number of nitrogens with one attached hydrogen (secondary N) is 1. The maximum absolute atomic E-state index is 12.5. The number of pyridine rings is 1. The number of alkyl halides is 4. The molecule has 0 aliphatic heterocycles. The largest absolute Gasteiger partial charge is 0.364 e. The highest BCUT2D eigenvalue weighted by atomic mass is 19.3. The van der Waals surface area contributed by atoms with Crippen LogP contribution in [0.5, 0.6) is 0 Å². The van der Waals surface area contributed by atoms with E-state index in [0.29, 0.717) is 5.56 Å². The van der Waals surface area contributed by atoms with E-state index in [1.165, 1.54) is 6.20 Å². The normalized spacial score (nSPS) is 11.9. The third kappa shape index (κ3) is 3.07. The van der Waals surface area contributed by atoms with Crippen molar-refractivity contribution < 1.29 is 17.6 Å². The van der Waals surface area contributed by atoms with Gasteiger partial charge in [0.1, 0.15) is 5.82 Å². The van der Waals surface area contributed by atoms with Gasteiger partial charge in [0.15, 0.2) is 0 Å². The molecule has 0 aliphatic carbocycles. The molecule has 1 rings (SSSR count). The molecule has 1 heterocycles. The van der Waals surface area contributed by atoms with Crippen molar-refractivity contribution in [1.29, 1.82) is 0 Å². The molecule has 1 aromatic heterocycles. The third-order valence-electron chi connectivity index (χ3n) is 1.82. The Morgan fingerprint density at radius 2 is 2.13 bits per heavy atom. The van der Waals surface area contributed by atoms with Gasteiger partial charge < -0.3 is 5.32 Å². The van der Waals surface area contributed by atoms with Crippen molar-refractivity contribution in [2.45, 2.75) is 19.3 Å². The Bertz CT molecular complexity index is 328. The number of aromatic nitrogens is 1. The van der Waals surface area contributed by atoms with Gasteiger partial charge in [0.05, 0.1) is 6.54 Å². The van der Waals surface area contributed by atoms with Crippen molar-refractivity contribution in [2.75, 3.05) is 11.9 Å². The molecule has 0 radical (unpaired) electrons. The van der Waals surface area contributed by atoms with Crippen molar-refractivity contribution in [3.63, 3.8) is 0 Å². The Kier molecular flexibility index (Phi) is 3.49. The van der Waals surface area contributed by atoms with Crippen LogP contribution in [0.15, 0.2) is 18.3 Å². The summed E-state index contributed by atoms with van der Waals surface area (Å²) in [5.74, 6) is -3.85. The van der Waals surface area contributed by atoms with Gasteiger partial charge in [0.2, 0.25) is 0 Å². The van der Waals surface area contributed by atoms with Crippen molar-refractivity contribution in [3.8, 4) is 0 Å². The second kappa shape index (κ2) is 4.46. The lowest BCUT2D eigenvalue weighted by Gasteiger charge is -2.16. The zero-order valence-electron chi connectivity index (χ0n) is 7.98. The van der Waals surface area contributed by atoms with E-state index in [4.69, 9.17) is 0 Å². The van der Waals surface area contributed by atoms with E-state index in [9.17, 15) is 17.6 Å². The van der Waals surface area contributed by atoms with Crippen LogP contribution in [0.2, 0.25) is 0 Å². The smallest absolute Gasteiger partial charge is 0.324 e. The summed E-state index contributed by atoms with van der Waals surface area (Å²) in [6, 6.07) is 3.28. The van der Waals surface area contributed by atoms with Gasteiger partial charge in [-0.25, -0.2) is 13.8 Å². The molecule has 84 valence electrons. The minimum Gasteiger partial charge on any atom is -0.364 e. The van der Waals surface area contributed by atoms with Gasteiger partial charge >= 0.3 is 12.3 Å². The second-order valence-electron chi connectivity index (χ2n) is 3.08. The SMILES string of the molecule is Cc1cccnc1NCC(F)(F)C(F)F. The van der Waals surface area contributed by atoms with E-state index in [-0.39, 0.29) is 5.82 Å². The van der Waals surface area contributed by atoms with Crippen LogP contribution in [-0.4, -0.2) is 23.9 Å². The first kappa shape index (κ1) is 11.7. The van der Waals surface area contributed by atoms with Crippen molar-refractivity contribution in [2.24, 2.45) is 0 Å². The molecule has 1 aromatic rings. The lowest BCUT2D eigenvalue weighted by Crippen LogP contribution is -2.35. The first-order valence-electron chi connectivity index (χ1n) is 4.25. The fraction of sp³-hybridized carbons (Fsp3) is 0.444. The fourth-order valence-corrected chi connectivity index (χ4v) is 0.949. The molecule has 0 atom stereocenters. The molecule has 15 heavy (non-hydrogen) atoms. The molecule has 0 unspecified atom stereocenters. The minimum absolute atomic E-state index is 0.192. The Hall–Kier alpha value is -1.33. The monoisotopic (exact) mass is 222 g/mol. The van der Waals surface area contributed by atoms with Gasteiger partial charge in [-0.1, -0.05) is 6.07 Å². The average Bonchev–Trinajstić information content (AvgIpc) is 2.16. The number of halogens is 4. The Morgan fingerprint density at radius 1 is 1.47 bits per heavy atom. The summed E-state index contributed by atoms with van der Waals surface area (Å²) in [5.41, 5.74) is 0.627. The molecule has 0 fully saturated rings. The zero-order chi connectivity index (χ0) is 11.5. The van der Waals surface area contributed by atoms with Crippen molar-refractivity contribution in [3.05, 3.63) is 23.9 Å². The van der Waals surface area contributed by atoms with Gasteiger partial charge in [-0.2, -0.15) is 8.78 Å². The summed E-state index contributed by atoms with van der Waals surface area (Å²) < 4.78 is 48.7. The number of hydrogen-bond donors (Lipinski definition) is 1. The van der Waals surface area contributed by atoms with Gasteiger partial charge in [0, 0.05) is 6.20 Å². The molecule has 0 spiro atoms. The van der Waals surface area contributed by atoms with E-state index < -0.39 is 18.9 Å². The van der Waals surface area contributed by atoms with E-state index in [0.717, 1.165) is 0 Å². The van der Waals surface area contributed by atoms with Crippen LogP contribution in [0.4, 0.5) is 23.4 Å². The first-order chi connectivity index (χ1) is 6.93. The zero-order valence-corrected chi connectivity index (χ0v) is 7.98. The predicted octanol–water partition coefficient (Wildman–Crippen LogP) is 2.70. The van der Waals surface area contributed by atoms with Crippen LogP contribution in [0.25, 0.3) is 0 Å². The standard InChI is InChI=1S/C9H10F4N2/c1-6-3-2-4-14-7(6)15-5-9(12,13)8(10)11/h2-4,8H,5H2,1H3,(H,14,15). The maximum atomic E-state index is 12.5. The predicted molar refractivity (Wildman–Crippen MR) is 48.4 cm³/mol. The number of hydrogen-bond acceptors (Lipinski definition) is 2. The molecule has 0 aliphatic rings. The minimum atomic E-state index is -4.04. The molecular formula is C9H10F4N2. The van der Waals surface area contributed by atoms with Crippen LogP contribution in [0.3, 0.4) is 0 Å². The summed E-state index contributed by atoms with van der Waals surface area (Å²) in [6.07, 6.45) is -2.27. The molecule has 0 aromatic carbocycles. The maximum Gasteiger partial charge on any atom is 0.324 e. The lowest BCUT2D eigenvalue weighted by atomic mass is 10.3. The average molecular weight is 222 g/mol. The second-order valence-corrected chi connectivity index (χ2v) is 3.08. The Balaban J connectivity index is 2.62. The Morgan fingerprint density at radius 3 is 2.67 bits per heavy atom. The summed E-state index contributed by atoms with van der Waals surface area (Å²) in [6.45, 7) is 0.526. The van der Waals surface area contributed by atoms with E-state index in [2.05, 4.69) is 10.3 Å². The van der Waals surface area contributed by atoms with Gasteiger partial charge in [-0.05, 0) is 18.6 Å². The molecule has 0 saturated heterocycles. The van der Waals surface area contributed by atoms with Crippen LogP contribution in [-0.2, 0) is 0 Å². The summed E-state index contributed by atoms with van der Waals surface area (Å²) in [4.78, 5) is 3.75. The number of rotatable bonds is 4. The number of nitrogens with zero attached hydrogens (tertiary/aromatic N) is 1. The van der Waals surface area contributed by atoms with Gasteiger partial charge in [0.25, 0.3) is 0 Å². The first-order valence-corrected chi connectivity index (χ1v) is 4.25. The molecule has 6 heteroatoms. The number of anilines is 1. The van der Waals surface area contributed by atoms with Gasteiger partial charge in [-0.15, -0.1) is 0 Å². The quantitative estimate of drug-likeness (QED) is 0.792. The van der Waals surface area contributed by atoms with E-state index in [1.54, 1.807) is 19.1 Å². The van der Waals surface area contributed by atoms with Crippen molar-refractivity contribution >= 4 is 5.82 Å². The van der Waals surface area contributed by atoms with Crippen LogP contribution < -0.4 is 5.32 Å². The fourth-order valence-electron chi connectivity index (χ4n) is 0.949. The van der Waals surface area contributed by atoms with Crippen LogP contribution >= 0.6 is 0 Å². The molecular weight excluding hydrogens is 212 g/mol. The van der Waals surface area contributed by atoms with Crippen LogP contribution in [0.1, 0.15) is 5.56 Å². The van der Waals surface area contributed by atoms with Gasteiger partial charge in [-0.3, -0.25) is 0 Å². The number of aryl methyl sites for hydroxylation is 1. The van der Waals surface area contributed by atoms with E-state index >= 15 is 0 Å². The lowest BCUT2D eigenvalue weighted by molar-refractivity contribution is -0.117. The Labute approximate surface area is 84.3 Å². The molecule has 1 N–H and O–H groups in total. The van der Waals surface area contributed by atoms with Crippen molar-refractivity contribution in [1.82, 2.24) is 4.98 Å². The topological polar surface area (TPSA) is 24.9 Å². The van der Waals surface area contributed by atoms with Crippen LogP contribution in [0, 0.1) is 6.92 Å². The summed E-state index contributed by atoms with van der Waals surface area (Å²) in [7, 11) is 0. The van der Waals surface area contributed by atoms with E-state index in [1.807, 2.05) is 0 Å².